The smallest absolute Gasteiger partial charge is 0.175 e. The zero-order valence-electron chi connectivity index (χ0n) is 9.14. The van der Waals surface area contributed by atoms with Gasteiger partial charge in [-0.1, -0.05) is 22.9 Å². The molecule has 1 aliphatic rings. The number of fused-ring (bicyclic) bond motifs is 1. The molecular formula is C12H12Br2O2. The minimum absolute atomic E-state index is 0.165. The number of hydrogen-bond donors (Lipinski definition) is 0. The number of ketones is 1. The van der Waals surface area contributed by atoms with Crippen LogP contribution in [0, 0.1) is 5.41 Å². The van der Waals surface area contributed by atoms with Gasteiger partial charge in [-0.15, -0.1) is 0 Å². The van der Waals surface area contributed by atoms with Crippen molar-refractivity contribution < 1.29 is 9.53 Å². The number of halogens is 2. The largest absolute Gasteiger partial charge is 0.491 e. The Balaban J connectivity index is 2.57. The summed E-state index contributed by atoms with van der Waals surface area (Å²) in [6.45, 7) is 4.42. The molecule has 0 bridgehead atoms. The van der Waals surface area contributed by atoms with E-state index in [1.165, 1.54) is 0 Å². The summed E-state index contributed by atoms with van der Waals surface area (Å²) < 4.78 is 7.40. The van der Waals surface area contributed by atoms with Crippen LogP contribution in [-0.2, 0) is 0 Å². The van der Waals surface area contributed by atoms with Gasteiger partial charge in [0.1, 0.15) is 12.4 Å². The molecular weight excluding hydrogens is 336 g/mol. The van der Waals surface area contributed by atoms with Gasteiger partial charge in [-0.2, -0.15) is 0 Å². The molecule has 0 amide bonds. The first-order valence-electron chi connectivity index (χ1n) is 5.14. The summed E-state index contributed by atoms with van der Waals surface area (Å²) in [4.78, 5) is 12.4. The molecule has 0 fully saturated rings. The quantitative estimate of drug-likeness (QED) is 0.760. The van der Waals surface area contributed by atoms with Gasteiger partial charge in [-0.3, -0.25) is 4.79 Å². The fourth-order valence-corrected chi connectivity index (χ4v) is 3.10. The van der Waals surface area contributed by atoms with Gasteiger partial charge in [0.15, 0.2) is 5.78 Å². The fraction of sp³-hybridized carbons (Fsp3) is 0.417. The summed E-state index contributed by atoms with van der Waals surface area (Å²) in [5.41, 5.74) is 0.268. The maximum absolute atomic E-state index is 12.4. The number of carbonyl (C=O) groups is 1. The van der Waals surface area contributed by atoms with Crippen molar-refractivity contribution in [3.05, 3.63) is 26.6 Å². The lowest BCUT2D eigenvalue weighted by Crippen LogP contribution is -2.38. The van der Waals surface area contributed by atoms with Crippen LogP contribution in [0.5, 0.6) is 5.75 Å². The minimum atomic E-state index is -0.396. The summed E-state index contributed by atoms with van der Waals surface area (Å²) in [7, 11) is 0. The highest BCUT2D eigenvalue weighted by Crippen LogP contribution is 2.41. The van der Waals surface area contributed by atoms with Crippen LogP contribution in [-0.4, -0.2) is 12.4 Å². The first-order chi connectivity index (χ1) is 7.48. The third-order valence-corrected chi connectivity index (χ3v) is 4.16. The maximum atomic E-state index is 12.4. The summed E-state index contributed by atoms with van der Waals surface area (Å²) in [5.74, 6) is 0.831. The van der Waals surface area contributed by atoms with E-state index in [1.54, 1.807) is 0 Å². The van der Waals surface area contributed by atoms with Gasteiger partial charge in [-0.05, 0) is 41.4 Å². The molecule has 0 unspecified atom stereocenters. The Morgan fingerprint density at radius 3 is 2.75 bits per heavy atom. The van der Waals surface area contributed by atoms with Crippen LogP contribution < -0.4 is 4.74 Å². The Hall–Kier alpha value is -0.350. The van der Waals surface area contributed by atoms with E-state index in [9.17, 15) is 4.79 Å². The van der Waals surface area contributed by atoms with Gasteiger partial charge in [0.25, 0.3) is 0 Å². The average molecular weight is 348 g/mol. The fourth-order valence-electron chi connectivity index (χ4n) is 1.76. The average Bonchev–Trinajstić information content (AvgIpc) is 2.24. The van der Waals surface area contributed by atoms with Crippen LogP contribution in [0.1, 0.15) is 30.6 Å². The summed E-state index contributed by atoms with van der Waals surface area (Å²) in [6, 6.07) is 3.72. The van der Waals surface area contributed by atoms with Crippen molar-refractivity contribution in [1.82, 2.24) is 0 Å². The van der Waals surface area contributed by atoms with Crippen molar-refractivity contribution in [3.63, 3.8) is 0 Å². The van der Waals surface area contributed by atoms with Crippen LogP contribution in [0.25, 0.3) is 0 Å². The van der Waals surface area contributed by atoms with Gasteiger partial charge in [0.2, 0.25) is 0 Å². The summed E-state index contributed by atoms with van der Waals surface area (Å²) in [6.07, 6.45) is 0.787. The maximum Gasteiger partial charge on any atom is 0.175 e. The van der Waals surface area contributed by atoms with Crippen LogP contribution in [0.3, 0.4) is 0 Å². The van der Waals surface area contributed by atoms with Crippen LogP contribution in [0.15, 0.2) is 21.1 Å². The molecule has 0 N–H and O–H groups in total. The second kappa shape index (κ2) is 4.15. The van der Waals surface area contributed by atoms with Crippen molar-refractivity contribution in [3.8, 4) is 5.75 Å². The second-order valence-corrected chi connectivity index (χ2v) is 6.07. The van der Waals surface area contributed by atoms with E-state index < -0.39 is 5.41 Å². The highest BCUT2D eigenvalue weighted by atomic mass is 79.9. The number of Topliss-reactive ketones (excluding diaryl/α,β-unsaturated/α-hetero) is 1. The van der Waals surface area contributed by atoms with Crippen LogP contribution in [0.4, 0.5) is 0 Å². The zero-order chi connectivity index (χ0) is 11.9. The van der Waals surface area contributed by atoms with Crippen molar-refractivity contribution in [2.45, 2.75) is 20.3 Å². The first-order valence-corrected chi connectivity index (χ1v) is 6.73. The van der Waals surface area contributed by atoms with Gasteiger partial charge in [0, 0.05) is 4.47 Å². The standard InChI is InChI=1S/C12H12Br2O2/c1-3-12(2)6-16-10-8(11(12)15)4-7(13)5-9(10)14/h4-5H,3,6H2,1-2H3/t12-/m1/s1. The normalized spacial score (nSPS) is 23.9. The van der Waals surface area contributed by atoms with E-state index in [4.69, 9.17) is 4.74 Å². The van der Waals surface area contributed by atoms with Gasteiger partial charge >= 0.3 is 0 Å². The van der Waals surface area contributed by atoms with Crippen LogP contribution in [0.2, 0.25) is 0 Å². The number of ether oxygens (including phenoxy) is 1. The van der Waals surface area contributed by atoms with E-state index in [1.807, 2.05) is 26.0 Å². The second-order valence-electron chi connectivity index (χ2n) is 4.30. The Kier molecular flexibility index (Phi) is 3.14. The number of benzene rings is 1. The Morgan fingerprint density at radius 2 is 2.12 bits per heavy atom. The minimum Gasteiger partial charge on any atom is -0.491 e. The summed E-state index contributed by atoms with van der Waals surface area (Å²) in [5, 5.41) is 0. The third-order valence-electron chi connectivity index (χ3n) is 3.12. The van der Waals surface area contributed by atoms with Gasteiger partial charge < -0.3 is 4.74 Å². The van der Waals surface area contributed by atoms with E-state index in [-0.39, 0.29) is 5.78 Å². The Morgan fingerprint density at radius 1 is 1.44 bits per heavy atom. The van der Waals surface area contributed by atoms with Gasteiger partial charge in [0.05, 0.1) is 15.5 Å². The molecule has 0 saturated carbocycles. The lowest BCUT2D eigenvalue weighted by Gasteiger charge is -2.32. The molecule has 0 spiro atoms. The van der Waals surface area contributed by atoms with E-state index in [2.05, 4.69) is 31.9 Å². The highest BCUT2D eigenvalue weighted by molar-refractivity contribution is 9.11. The molecule has 0 saturated heterocycles. The third kappa shape index (κ3) is 1.82. The van der Waals surface area contributed by atoms with Crippen molar-refractivity contribution in [2.24, 2.45) is 5.41 Å². The summed E-state index contributed by atoms with van der Waals surface area (Å²) >= 11 is 6.80. The number of rotatable bonds is 1. The molecule has 1 aromatic rings. The van der Waals surface area contributed by atoms with E-state index in [0.717, 1.165) is 15.4 Å². The van der Waals surface area contributed by atoms with Crippen molar-refractivity contribution in [1.29, 1.82) is 0 Å². The number of hydrogen-bond acceptors (Lipinski definition) is 2. The predicted molar refractivity (Wildman–Crippen MR) is 70.1 cm³/mol. The first kappa shape index (κ1) is 12.1. The van der Waals surface area contributed by atoms with Crippen molar-refractivity contribution >= 4 is 37.6 Å². The molecule has 1 aromatic carbocycles. The predicted octanol–water partition coefficient (Wildman–Crippen LogP) is 4.20. The number of carbonyl (C=O) groups excluding carboxylic acids is 1. The molecule has 16 heavy (non-hydrogen) atoms. The Labute approximate surface area is 112 Å². The van der Waals surface area contributed by atoms with E-state index in [0.29, 0.717) is 17.9 Å². The molecule has 0 aliphatic carbocycles. The molecule has 0 radical (unpaired) electrons. The van der Waals surface area contributed by atoms with Crippen molar-refractivity contribution in [2.75, 3.05) is 6.61 Å². The molecule has 4 heteroatoms. The molecule has 1 aliphatic heterocycles. The van der Waals surface area contributed by atoms with E-state index >= 15 is 0 Å². The molecule has 86 valence electrons. The lowest BCUT2D eigenvalue weighted by molar-refractivity contribution is 0.0639. The molecule has 2 rings (SSSR count). The lowest BCUT2D eigenvalue weighted by atomic mass is 9.79. The topological polar surface area (TPSA) is 26.3 Å². The van der Waals surface area contributed by atoms with Crippen LogP contribution >= 0.6 is 31.9 Å². The zero-order valence-corrected chi connectivity index (χ0v) is 12.3. The monoisotopic (exact) mass is 346 g/mol. The molecule has 0 aromatic heterocycles. The molecule has 1 atom stereocenters. The Bertz CT molecular complexity index is 457. The van der Waals surface area contributed by atoms with Gasteiger partial charge in [-0.25, -0.2) is 0 Å². The molecule has 1 heterocycles. The molecule has 2 nitrogen and oxygen atoms in total. The highest BCUT2D eigenvalue weighted by Gasteiger charge is 2.39. The SMILES string of the molecule is CC[C@]1(C)COc2c(Br)cc(Br)cc2C1=O.